The summed E-state index contributed by atoms with van der Waals surface area (Å²) >= 11 is 0. The second-order valence-corrected chi connectivity index (χ2v) is 3.15. The highest BCUT2D eigenvalue weighted by Crippen LogP contribution is 2.20. The van der Waals surface area contributed by atoms with E-state index in [2.05, 4.69) is 0 Å². The molecule has 0 unspecified atom stereocenters. The fourth-order valence-corrected chi connectivity index (χ4v) is 1.11. The molecule has 1 amide bonds. The maximum atomic E-state index is 13.2. The molecule has 14 heavy (non-hydrogen) atoms. The molecule has 0 fully saturated rings. The normalized spacial score (nSPS) is 10.4. The second kappa shape index (κ2) is 4.17. The van der Waals surface area contributed by atoms with Gasteiger partial charge in [0.2, 0.25) is 0 Å². The van der Waals surface area contributed by atoms with Crippen LogP contribution in [-0.4, -0.2) is 12.5 Å². The predicted molar refractivity (Wildman–Crippen MR) is 49.7 cm³/mol. The first-order chi connectivity index (χ1) is 6.56. The van der Waals surface area contributed by atoms with E-state index in [4.69, 9.17) is 0 Å². The molecule has 0 spiro atoms. The molecule has 0 heterocycles. The van der Waals surface area contributed by atoms with Crippen molar-refractivity contribution in [2.24, 2.45) is 0 Å². The van der Waals surface area contributed by atoms with Crippen molar-refractivity contribution in [2.45, 2.75) is 19.9 Å². The van der Waals surface area contributed by atoms with Crippen molar-refractivity contribution in [1.82, 2.24) is 0 Å². The Hall–Kier alpha value is -1.45. The molecule has 1 aromatic carbocycles. The number of nitrogens with zero attached hydrogens (tertiary/aromatic N) is 1. The fourth-order valence-electron chi connectivity index (χ4n) is 1.11. The first-order valence-corrected chi connectivity index (χ1v) is 4.18. The molecule has 0 N–H and O–H groups in total. The third kappa shape index (κ3) is 2.07. The van der Waals surface area contributed by atoms with Gasteiger partial charge >= 0.3 is 6.41 Å². The number of rotatable bonds is 3. The summed E-state index contributed by atoms with van der Waals surface area (Å²) in [6.07, 6.45) is 1.60. The van der Waals surface area contributed by atoms with Gasteiger partial charge in [-0.1, -0.05) is 0 Å². The Morgan fingerprint density at radius 2 is 2.00 bits per heavy atom. The summed E-state index contributed by atoms with van der Waals surface area (Å²) in [5.74, 6) is -1.43. The summed E-state index contributed by atoms with van der Waals surface area (Å²) in [4.78, 5) is 11.6. The average Bonchev–Trinajstić information content (AvgIpc) is 2.09. The van der Waals surface area contributed by atoms with Gasteiger partial charge in [0.1, 0.15) is 11.6 Å². The molecular formula is C10H10F2NO. The van der Waals surface area contributed by atoms with Crippen LogP contribution < -0.4 is 4.90 Å². The molecule has 2 nitrogen and oxygen atoms in total. The Morgan fingerprint density at radius 1 is 1.36 bits per heavy atom. The van der Waals surface area contributed by atoms with Gasteiger partial charge in [0.05, 0.1) is 5.69 Å². The summed E-state index contributed by atoms with van der Waals surface area (Å²) in [5.41, 5.74) is 0.0383. The highest BCUT2D eigenvalue weighted by Gasteiger charge is 2.15. The van der Waals surface area contributed by atoms with E-state index in [0.29, 0.717) is 0 Å². The molecule has 75 valence electrons. The Labute approximate surface area is 81.1 Å². The lowest BCUT2D eigenvalue weighted by atomic mass is 10.2. The highest BCUT2D eigenvalue weighted by molar-refractivity contribution is 5.76. The minimum Gasteiger partial charge on any atom is -0.299 e. The molecule has 0 aliphatic heterocycles. The molecule has 0 saturated heterocycles. The van der Waals surface area contributed by atoms with Crippen LogP contribution in [0.15, 0.2) is 18.2 Å². The van der Waals surface area contributed by atoms with Crippen LogP contribution in [0.2, 0.25) is 0 Å². The smallest absolute Gasteiger partial charge is 0.299 e. The van der Waals surface area contributed by atoms with Gasteiger partial charge < -0.3 is 0 Å². The van der Waals surface area contributed by atoms with Crippen LogP contribution >= 0.6 is 0 Å². The van der Waals surface area contributed by atoms with E-state index in [-0.39, 0.29) is 11.7 Å². The predicted octanol–water partition coefficient (Wildman–Crippen LogP) is 2.25. The number of carbonyl (C=O) groups excluding carboxylic acids is 1. The largest absolute Gasteiger partial charge is 0.317 e. The van der Waals surface area contributed by atoms with Gasteiger partial charge in [0, 0.05) is 12.1 Å². The van der Waals surface area contributed by atoms with Crippen molar-refractivity contribution < 1.29 is 13.6 Å². The lowest BCUT2D eigenvalue weighted by Gasteiger charge is -2.20. The van der Waals surface area contributed by atoms with E-state index >= 15 is 0 Å². The number of hydrogen-bond donors (Lipinski definition) is 0. The molecule has 1 radical (unpaired) electrons. The van der Waals surface area contributed by atoms with Crippen LogP contribution in [0, 0.1) is 11.6 Å². The minimum absolute atomic E-state index is 0.0383. The van der Waals surface area contributed by atoms with Crippen LogP contribution in [0.3, 0.4) is 0 Å². The molecule has 4 heteroatoms. The van der Waals surface area contributed by atoms with Gasteiger partial charge in [-0.2, -0.15) is 0 Å². The first-order valence-electron chi connectivity index (χ1n) is 4.18. The average molecular weight is 198 g/mol. The molecule has 0 bridgehead atoms. The Kier molecular flexibility index (Phi) is 3.17. The number of benzene rings is 1. The molecule has 0 saturated carbocycles. The van der Waals surface area contributed by atoms with Crippen LogP contribution in [0.1, 0.15) is 13.8 Å². The summed E-state index contributed by atoms with van der Waals surface area (Å²) in [5, 5.41) is 0. The monoisotopic (exact) mass is 198 g/mol. The number of anilines is 1. The van der Waals surface area contributed by atoms with Crippen LogP contribution in [-0.2, 0) is 4.79 Å². The van der Waals surface area contributed by atoms with Gasteiger partial charge in [-0.3, -0.25) is 9.69 Å². The molecule has 0 aromatic heterocycles. The second-order valence-electron chi connectivity index (χ2n) is 3.15. The molecule has 0 aliphatic rings. The van der Waals surface area contributed by atoms with Gasteiger partial charge in [0.25, 0.3) is 0 Å². The fraction of sp³-hybridized carbons (Fsp3) is 0.300. The van der Waals surface area contributed by atoms with Crippen LogP contribution in [0.4, 0.5) is 14.5 Å². The molecule has 1 rings (SSSR count). The summed E-state index contributed by atoms with van der Waals surface area (Å²) in [6, 6.07) is 2.84. The maximum Gasteiger partial charge on any atom is 0.317 e. The van der Waals surface area contributed by atoms with Crippen LogP contribution in [0.5, 0.6) is 0 Å². The molecule has 0 atom stereocenters. The van der Waals surface area contributed by atoms with Crippen molar-refractivity contribution in [3.8, 4) is 0 Å². The van der Waals surface area contributed by atoms with Crippen molar-refractivity contribution in [3.05, 3.63) is 29.8 Å². The van der Waals surface area contributed by atoms with Crippen molar-refractivity contribution in [3.63, 3.8) is 0 Å². The molecular weight excluding hydrogens is 188 g/mol. The third-order valence-corrected chi connectivity index (χ3v) is 1.78. The van der Waals surface area contributed by atoms with E-state index in [1.807, 2.05) is 0 Å². The highest BCUT2D eigenvalue weighted by atomic mass is 19.1. The van der Waals surface area contributed by atoms with Crippen molar-refractivity contribution in [1.29, 1.82) is 0 Å². The zero-order chi connectivity index (χ0) is 10.7. The van der Waals surface area contributed by atoms with Gasteiger partial charge in [-0.25, -0.2) is 8.78 Å². The molecule has 1 aromatic rings. The van der Waals surface area contributed by atoms with E-state index in [9.17, 15) is 13.6 Å². The van der Waals surface area contributed by atoms with Gasteiger partial charge in [-0.15, -0.1) is 0 Å². The lowest BCUT2D eigenvalue weighted by Crippen LogP contribution is -2.29. The van der Waals surface area contributed by atoms with E-state index in [1.165, 1.54) is 6.07 Å². The number of amides is 1. The number of halogens is 2. The zero-order valence-corrected chi connectivity index (χ0v) is 7.92. The Balaban J connectivity index is 3.10. The Bertz CT molecular complexity index is 339. The first kappa shape index (κ1) is 10.6. The van der Waals surface area contributed by atoms with Crippen LogP contribution in [0.25, 0.3) is 0 Å². The minimum atomic E-state index is -0.762. The van der Waals surface area contributed by atoms with E-state index < -0.39 is 11.6 Å². The topological polar surface area (TPSA) is 20.3 Å². The Morgan fingerprint density at radius 3 is 2.43 bits per heavy atom. The van der Waals surface area contributed by atoms with Crippen molar-refractivity contribution >= 4 is 12.1 Å². The number of hydrogen-bond acceptors (Lipinski definition) is 1. The standard InChI is InChI=1S/C10H10F2NO/c1-7(2)13(6-14)10-4-3-8(11)5-9(10)12/h3-5,7H,1-2H3. The lowest BCUT2D eigenvalue weighted by molar-refractivity contribution is 0.539. The van der Waals surface area contributed by atoms with E-state index in [0.717, 1.165) is 17.0 Å². The molecule has 0 aliphatic carbocycles. The summed E-state index contributed by atoms with van der Waals surface area (Å²) in [7, 11) is 0. The zero-order valence-electron chi connectivity index (χ0n) is 7.92. The third-order valence-electron chi connectivity index (χ3n) is 1.78. The summed E-state index contributed by atoms with van der Waals surface area (Å²) < 4.78 is 25.7. The SMILES string of the molecule is CC(C)N([C]=O)c1ccc(F)cc1F. The van der Waals surface area contributed by atoms with E-state index in [1.54, 1.807) is 20.3 Å². The summed E-state index contributed by atoms with van der Waals surface area (Å²) in [6.45, 7) is 3.43. The van der Waals surface area contributed by atoms with Gasteiger partial charge in [-0.05, 0) is 26.0 Å². The quantitative estimate of drug-likeness (QED) is 0.682. The van der Waals surface area contributed by atoms with Gasteiger partial charge in [0.15, 0.2) is 0 Å². The maximum absolute atomic E-state index is 13.2. The van der Waals surface area contributed by atoms with Crippen molar-refractivity contribution in [2.75, 3.05) is 4.90 Å².